The number of aliphatic carboxylic acids is 1. The Morgan fingerprint density at radius 2 is 2.04 bits per heavy atom. The fraction of sp³-hybridized carbons (Fsp3) is 0.750. The second-order valence-electron chi connectivity index (χ2n) is 8.54. The number of carbonyl (C=O) groups is 1. The summed E-state index contributed by atoms with van der Waals surface area (Å²) in [5, 5.41) is 29.3. The Morgan fingerprint density at radius 3 is 2.62 bits per heavy atom. The van der Waals surface area contributed by atoms with Crippen LogP contribution < -0.4 is 0 Å². The lowest BCUT2D eigenvalue weighted by molar-refractivity contribution is -0.131. The standard InChI is InChI=1S/C20H32O4/c1-13(9-18(23)24)5-7-16-14(2)6-8-17-19(3,12-21)10-15(22)11-20(16,17)4/h6,9,15-17,21-22H,5,7-8,10-12H2,1-4H3,(H,23,24). The van der Waals surface area contributed by atoms with Crippen molar-refractivity contribution >= 4 is 5.97 Å². The van der Waals surface area contributed by atoms with E-state index in [2.05, 4.69) is 26.8 Å². The predicted octanol–water partition coefficient (Wildman–Crippen LogP) is 3.54. The van der Waals surface area contributed by atoms with Gasteiger partial charge in [0.15, 0.2) is 0 Å². The zero-order valence-electron chi connectivity index (χ0n) is 15.4. The molecule has 3 N–H and O–H groups in total. The van der Waals surface area contributed by atoms with E-state index in [9.17, 15) is 15.0 Å². The molecule has 0 saturated heterocycles. The Bertz CT molecular complexity index is 550. The molecule has 2 aliphatic carbocycles. The van der Waals surface area contributed by atoms with E-state index in [1.54, 1.807) is 0 Å². The maximum atomic E-state index is 10.8. The summed E-state index contributed by atoms with van der Waals surface area (Å²) in [5.74, 6) is -0.237. The lowest BCUT2D eigenvalue weighted by Gasteiger charge is -2.58. The van der Waals surface area contributed by atoms with Crippen molar-refractivity contribution in [2.45, 2.75) is 65.9 Å². The molecule has 0 aromatic heterocycles. The number of hydrogen-bond acceptors (Lipinski definition) is 3. The average Bonchev–Trinajstić information content (AvgIpc) is 2.44. The van der Waals surface area contributed by atoms with Crippen LogP contribution in [-0.2, 0) is 4.79 Å². The van der Waals surface area contributed by atoms with Crippen molar-refractivity contribution in [2.75, 3.05) is 6.61 Å². The number of fused-ring (bicyclic) bond motifs is 1. The van der Waals surface area contributed by atoms with Gasteiger partial charge >= 0.3 is 5.97 Å². The molecule has 0 amide bonds. The van der Waals surface area contributed by atoms with Crippen molar-refractivity contribution in [2.24, 2.45) is 22.7 Å². The van der Waals surface area contributed by atoms with Gasteiger partial charge in [-0.1, -0.05) is 31.1 Å². The number of aliphatic hydroxyl groups excluding tert-OH is 2. The largest absolute Gasteiger partial charge is 0.478 e. The molecule has 0 aromatic rings. The molecule has 4 heteroatoms. The number of carboxylic acid groups (broad SMARTS) is 1. The molecule has 1 saturated carbocycles. The summed E-state index contributed by atoms with van der Waals surface area (Å²) in [6.07, 6.45) is 7.19. The summed E-state index contributed by atoms with van der Waals surface area (Å²) in [4.78, 5) is 10.8. The van der Waals surface area contributed by atoms with Crippen LogP contribution in [0.15, 0.2) is 23.3 Å². The van der Waals surface area contributed by atoms with Crippen molar-refractivity contribution in [3.05, 3.63) is 23.3 Å². The average molecular weight is 336 g/mol. The van der Waals surface area contributed by atoms with E-state index >= 15 is 0 Å². The lowest BCUT2D eigenvalue weighted by Crippen LogP contribution is -2.54. The number of rotatable bonds is 5. The molecule has 136 valence electrons. The van der Waals surface area contributed by atoms with Gasteiger partial charge in [-0.15, -0.1) is 0 Å². The van der Waals surface area contributed by atoms with Crippen LogP contribution in [-0.4, -0.2) is 34.0 Å². The number of aliphatic hydroxyl groups is 2. The topological polar surface area (TPSA) is 77.8 Å². The molecular formula is C20H32O4. The van der Waals surface area contributed by atoms with E-state index < -0.39 is 5.97 Å². The van der Waals surface area contributed by atoms with E-state index in [0.29, 0.717) is 18.3 Å². The summed E-state index contributed by atoms with van der Waals surface area (Å²) >= 11 is 0. The Balaban J connectivity index is 2.28. The van der Waals surface area contributed by atoms with Crippen LogP contribution in [0, 0.1) is 22.7 Å². The highest BCUT2D eigenvalue weighted by Gasteiger charge is 2.55. The first kappa shape index (κ1) is 19.2. The first-order valence-electron chi connectivity index (χ1n) is 8.98. The Hall–Kier alpha value is -1.13. The molecule has 0 heterocycles. The van der Waals surface area contributed by atoms with E-state index in [4.69, 9.17) is 5.11 Å². The van der Waals surface area contributed by atoms with Crippen LogP contribution in [0.5, 0.6) is 0 Å². The summed E-state index contributed by atoms with van der Waals surface area (Å²) in [6, 6.07) is 0. The van der Waals surface area contributed by atoms with Gasteiger partial charge in [0, 0.05) is 12.7 Å². The first-order chi connectivity index (χ1) is 11.1. The van der Waals surface area contributed by atoms with Crippen LogP contribution >= 0.6 is 0 Å². The molecular weight excluding hydrogens is 304 g/mol. The number of hydrogen-bond donors (Lipinski definition) is 3. The second kappa shape index (κ2) is 7.01. The van der Waals surface area contributed by atoms with E-state index in [1.807, 2.05) is 6.92 Å². The maximum Gasteiger partial charge on any atom is 0.328 e. The predicted molar refractivity (Wildman–Crippen MR) is 94.5 cm³/mol. The highest BCUT2D eigenvalue weighted by Crippen LogP contribution is 2.60. The molecule has 0 spiro atoms. The van der Waals surface area contributed by atoms with Crippen LogP contribution in [0.3, 0.4) is 0 Å². The fourth-order valence-corrected chi connectivity index (χ4v) is 5.49. The molecule has 4 nitrogen and oxygen atoms in total. The summed E-state index contributed by atoms with van der Waals surface area (Å²) in [6.45, 7) is 8.47. The van der Waals surface area contributed by atoms with Crippen LogP contribution in [0.25, 0.3) is 0 Å². The highest BCUT2D eigenvalue weighted by molar-refractivity contribution is 5.80. The van der Waals surface area contributed by atoms with Crippen molar-refractivity contribution in [3.63, 3.8) is 0 Å². The second-order valence-corrected chi connectivity index (χ2v) is 8.54. The Kier molecular flexibility index (Phi) is 5.61. The zero-order valence-corrected chi connectivity index (χ0v) is 15.4. The third kappa shape index (κ3) is 3.60. The third-order valence-electron chi connectivity index (χ3n) is 6.59. The van der Waals surface area contributed by atoms with Gasteiger partial charge in [-0.25, -0.2) is 4.79 Å². The summed E-state index contributed by atoms with van der Waals surface area (Å²) in [5.41, 5.74) is 1.90. The summed E-state index contributed by atoms with van der Waals surface area (Å²) < 4.78 is 0. The van der Waals surface area contributed by atoms with E-state index in [1.165, 1.54) is 11.6 Å². The maximum absolute atomic E-state index is 10.8. The molecule has 0 aliphatic heterocycles. The van der Waals surface area contributed by atoms with Crippen molar-refractivity contribution in [1.82, 2.24) is 0 Å². The van der Waals surface area contributed by atoms with Gasteiger partial charge < -0.3 is 15.3 Å². The van der Waals surface area contributed by atoms with Crippen molar-refractivity contribution in [1.29, 1.82) is 0 Å². The first-order valence-corrected chi connectivity index (χ1v) is 8.98. The molecule has 5 unspecified atom stereocenters. The van der Waals surface area contributed by atoms with Gasteiger partial charge in [0.25, 0.3) is 0 Å². The van der Waals surface area contributed by atoms with Crippen LogP contribution in [0.1, 0.15) is 59.8 Å². The molecule has 0 aromatic carbocycles. The van der Waals surface area contributed by atoms with Gasteiger partial charge in [-0.3, -0.25) is 0 Å². The molecule has 1 fully saturated rings. The number of allylic oxidation sites excluding steroid dienone is 3. The monoisotopic (exact) mass is 336 g/mol. The van der Waals surface area contributed by atoms with E-state index in [-0.39, 0.29) is 23.5 Å². The van der Waals surface area contributed by atoms with Gasteiger partial charge in [0.1, 0.15) is 0 Å². The smallest absolute Gasteiger partial charge is 0.328 e. The zero-order chi connectivity index (χ0) is 18.1. The van der Waals surface area contributed by atoms with Crippen LogP contribution in [0.2, 0.25) is 0 Å². The van der Waals surface area contributed by atoms with Crippen LogP contribution in [0.4, 0.5) is 0 Å². The minimum absolute atomic E-state index is 0.0581. The molecule has 2 aliphatic rings. The molecule has 2 rings (SSSR count). The number of carboxylic acids is 1. The molecule has 24 heavy (non-hydrogen) atoms. The minimum atomic E-state index is -0.895. The fourth-order valence-electron chi connectivity index (χ4n) is 5.49. The van der Waals surface area contributed by atoms with Gasteiger partial charge in [0.2, 0.25) is 0 Å². The highest BCUT2D eigenvalue weighted by atomic mass is 16.4. The Labute approximate surface area is 145 Å². The molecule has 0 radical (unpaired) electrons. The third-order valence-corrected chi connectivity index (χ3v) is 6.59. The van der Waals surface area contributed by atoms with Gasteiger partial charge in [-0.2, -0.15) is 0 Å². The quantitative estimate of drug-likeness (QED) is 0.530. The van der Waals surface area contributed by atoms with Gasteiger partial charge in [-0.05, 0) is 68.6 Å². The van der Waals surface area contributed by atoms with Crippen molar-refractivity contribution in [3.8, 4) is 0 Å². The minimum Gasteiger partial charge on any atom is -0.478 e. The summed E-state index contributed by atoms with van der Waals surface area (Å²) in [7, 11) is 0. The normalized spacial score (nSPS) is 40.0. The molecule has 0 bridgehead atoms. The lowest BCUT2D eigenvalue weighted by atomic mass is 9.47. The SMILES string of the molecule is CC(=CC(=O)O)CCC1C(C)=CCC2C(C)(CO)CC(O)CC12C. The Morgan fingerprint density at radius 1 is 1.38 bits per heavy atom. The van der Waals surface area contributed by atoms with Crippen molar-refractivity contribution < 1.29 is 20.1 Å². The van der Waals surface area contributed by atoms with Gasteiger partial charge in [0.05, 0.1) is 6.10 Å². The van der Waals surface area contributed by atoms with E-state index in [0.717, 1.165) is 31.3 Å². The molecule has 5 atom stereocenters.